The highest BCUT2D eigenvalue weighted by Gasteiger charge is 2.23. The minimum atomic E-state index is -0.597. The monoisotopic (exact) mass is 386 g/mol. The average Bonchev–Trinajstić information content (AvgIpc) is 3.14. The van der Waals surface area contributed by atoms with Gasteiger partial charge in [0.05, 0.1) is 0 Å². The largest absolute Gasteiger partial charge is 0.451 e. The Hall–Kier alpha value is -2.67. The zero-order chi connectivity index (χ0) is 19.2. The summed E-state index contributed by atoms with van der Waals surface area (Å²) < 4.78 is 5.07. The molecule has 1 aliphatic carbocycles. The second-order valence-electron chi connectivity index (χ2n) is 6.52. The van der Waals surface area contributed by atoms with Crippen LogP contribution in [0.25, 0.3) is 0 Å². The highest BCUT2D eigenvalue weighted by atomic mass is 32.1. The predicted molar refractivity (Wildman–Crippen MR) is 102 cm³/mol. The molecule has 0 fully saturated rings. The summed E-state index contributed by atoms with van der Waals surface area (Å²) in [6, 6.07) is 10.4. The molecular formula is C20H22N2O4S. The summed E-state index contributed by atoms with van der Waals surface area (Å²) in [5.41, 5.74) is 6.17. The van der Waals surface area contributed by atoms with Crippen LogP contribution in [0, 0.1) is 5.92 Å². The van der Waals surface area contributed by atoms with Crippen LogP contribution in [0.2, 0.25) is 0 Å². The number of amides is 2. The maximum absolute atomic E-state index is 12.2. The van der Waals surface area contributed by atoms with Gasteiger partial charge in [0.2, 0.25) is 0 Å². The van der Waals surface area contributed by atoms with Gasteiger partial charge in [0, 0.05) is 10.4 Å². The van der Waals surface area contributed by atoms with Gasteiger partial charge in [-0.3, -0.25) is 20.4 Å². The van der Waals surface area contributed by atoms with Crippen molar-refractivity contribution in [1.29, 1.82) is 0 Å². The van der Waals surface area contributed by atoms with Crippen LogP contribution in [0.1, 0.15) is 50.2 Å². The van der Waals surface area contributed by atoms with E-state index in [-0.39, 0.29) is 0 Å². The summed E-state index contributed by atoms with van der Waals surface area (Å²) in [5, 5.41) is 0. The molecule has 0 bridgehead atoms. The Balaban J connectivity index is 1.46. The first-order valence-corrected chi connectivity index (χ1v) is 9.81. The second-order valence-corrected chi connectivity index (χ2v) is 7.66. The zero-order valence-corrected chi connectivity index (χ0v) is 15.9. The zero-order valence-electron chi connectivity index (χ0n) is 15.1. The summed E-state index contributed by atoms with van der Waals surface area (Å²) in [7, 11) is 0. The number of hydrogen-bond donors (Lipinski definition) is 2. The maximum Gasteiger partial charge on any atom is 0.348 e. The van der Waals surface area contributed by atoms with Crippen molar-refractivity contribution in [2.45, 2.75) is 32.6 Å². The van der Waals surface area contributed by atoms with Crippen molar-refractivity contribution in [3.8, 4) is 0 Å². The van der Waals surface area contributed by atoms with Crippen molar-refractivity contribution in [3.05, 3.63) is 57.3 Å². The molecule has 7 heteroatoms. The predicted octanol–water partition coefficient (Wildman–Crippen LogP) is 2.88. The molecule has 0 radical (unpaired) electrons. The molecule has 0 saturated heterocycles. The van der Waals surface area contributed by atoms with E-state index in [4.69, 9.17) is 4.74 Å². The number of fused-ring (bicyclic) bond motifs is 1. The molecule has 0 aliphatic heterocycles. The number of nitrogens with one attached hydrogen (secondary N) is 2. The molecule has 1 aromatic heterocycles. The summed E-state index contributed by atoms with van der Waals surface area (Å²) in [6.45, 7) is 1.74. The van der Waals surface area contributed by atoms with Crippen LogP contribution >= 0.6 is 11.3 Å². The molecule has 142 valence electrons. The first-order valence-electron chi connectivity index (χ1n) is 8.99. The number of thiophene rings is 1. The minimum Gasteiger partial charge on any atom is -0.451 e. The van der Waals surface area contributed by atoms with E-state index in [0.29, 0.717) is 16.4 Å². The van der Waals surface area contributed by atoms with Gasteiger partial charge in [0.25, 0.3) is 11.8 Å². The molecule has 2 amide bonds. The normalized spacial score (nSPS) is 15.5. The van der Waals surface area contributed by atoms with Crippen LogP contribution in [0.3, 0.4) is 0 Å². The molecule has 0 spiro atoms. The van der Waals surface area contributed by atoms with Gasteiger partial charge >= 0.3 is 5.97 Å². The summed E-state index contributed by atoms with van der Waals surface area (Å²) in [4.78, 5) is 37.6. The van der Waals surface area contributed by atoms with Gasteiger partial charge in [-0.1, -0.05) is 31.5 Å². The molecule has 27 heavy (non-hydrogen) atoms. The second kappa shape index (κ2) is 8.81. The first kappa shape index (κ1) is 19.1. The molecular weight excluding hydrogens is 364 g/mol. The van der Waals surface area contributed by atoms with Gasteiger partial charge in [0.15, 0.2) is 6.61 Å². The van der Waals surface area contributed by atoms with Gasteiger partial charge in [-0.05, 0) is 48.9 Å². The number of rotatable bonds is 5. The molecule has 1 aliphatic rings. The van der Waals surface area contributed by atoms with Crippen LogP contribution in [-0.4, -0.2) is 24.4 Å². The number of ether oxygens (including phenoxy) is 1. The molecule has 6 nitrogen and oxygen atoms in total. The van der Waals surface area contributed by atoms with E-state index in [9.17, 15) is 14.4 Å². The maximum atomic E-state index is 12.2. The molecule has 0 unspecified atom stereocenters. The standard InChI is InChI=1S/C20H22N2O4S/c1-2-13-8-9-16-15(10-13)11-17(27-16)20(25)26-12-18(23)21-22-19(24)14-6-4-3-5-7-14/h3-7,11,13H,2,8-10,12H2,1H3,(H,21,23)(H,22,24)/t13-/m1/s1. The molecule has 0 saturated carbocycles. The lowest BCUT2D eigenvalue weighted by Crippen LogP contribution is -2.43. The highest BCUT2D eigenvalue weighted by Crippen LogP contribution is 2.33. The number of hydrazine groups is 1. The van der Waals surface area contributed by atoms with Crippen LogP contribution < -0.4 is 10.9 Å². The van der Waals surface area contributed by atoms with Gasteiger partial charge < -0.3 is 4.74 Å². The number of carbonyl (C=O) groups excluding carboxylic acids is 3. The lowest BCUT2D eigenvalue weighted by Gasteiger charge is -2.19. The average molecular weight is 386 g/mol. The van der Waals surface area contributed by atoms with Gasteiger partial charge in [0.1, 0.15) is 4.88 Å². The lowest BCUT2D eigenvalue weighted by molar-refractivity contribution is -0.125. The van der Waals surface area contributed by atoms with E-state index >= 15 is 0 Å². The van der Waals surface area contributed by atoms with Crippen molar-refractivity contribution in [2.24, 2.45) is 5.92 Å². The fourth-order valence-corrected chi connectivity index (χ4v) is 4.18. The van der Waals surface area contributed by atoms with E-state index in [1.807, 2.05) is 6.07 Å². The number of carbonyl (C=O) groups is 3. The third kappa shape index (κ3) is 4.95. The number of esters is 1. The SMILES string of the molecule is CC[C@@H]1CCc2sc(C(=O)OCC(=O)NNC(=O)c3ccccc3)cc2C1. The van der Waals surface area contributed by atoms with Crippen molar-refractivity contribution < 1.29 is 19.1 Å². The Morgan fingerprint density at radius 1 is 1.19 bits per heavy atom. The van der Waals surface area contributed by atoms with Crippen LogP contribution in [0.5, 0.6) is 0 Å². The Kier molecular flexibility index (Phi) is 6.24. The smallest absolute Gasteiger partial charge is 0.348 e. The van der Waals surface area contributed by atoms with E-state index in [2.05, 4.69) is 17.8 Å². The van der Waals surface area contributed by atoms with Crippen molar-refractivity contribution in [2.75, 3.05) is 6.61 Å². The van der Waals surface area contributed by atoms with Crippen molar-refractivity contribution in [3.63, 3.8) is 0 Å². The lowest BCUT2D eigenvalue weighted by atomic mass is 9.87. The first-order chi connectivity index (χ1) is 13.1. The third-order valence-electron chi connectivity index (χ3n) is 4.65. The third-order valence-corrected chi connectivity index (χ3v) is 5.87. The molecule has 1 heterocycles. The quantitative estimate of drug-likeness (QED) is 0.611. The molecule has 2 aromatic rings. The van der Waals surface area contributed by atoms with Crippen molar-refractivity contribution >= 4 is 29.1 Å². The summed E-state index contributed by atoms with van der Waals surface area (Å²) in [6.07, 6.45) is 4.30. The van der Waals surface area contributed by atoms with Crippen LogP contribution in [0.4, 0.5) is 0 Å². The van der Waals surface area contributed by atoms with Crippen LogP contribution in [-0.2, 0) is 22.4 Å². The number of aryl methyl sites for hydroxylation is 1. The Morgan fingerprint density at radius 2 is 1.96 bits per heavy atom. The topological polar surface area (TPSA) is 84.5 Å². The summed E-state index contributed by atoms with van der Waals surface area (Å²) >= 11 is 1.45. The van der Waals surface area contributed by atoms with E-state index in [0.717, 1.165) is 25.7 Å². The number of hydrogen-bond acceptors (Lipinski definition) is 5. The molecule has 3 rings (SSSR count). The Bertz CT molecular complexity index is 832. The Morgan fingerprint density at radius 3 is 2.70 bits per heavy atom. The Labute approximate surface area is 161 Å². The van der Waals surface area contributed by atoms with Gasteiger partial charge in [-0.25, -0.2) is 4.79 Å². The van der Waals surface area contributed by atoms with E-state index in [1.54, 1.807) is 30.3 Å². The highest BCUT2D eigenvalue weighted by molar-refractivity contribution is 7.14. The fourth-order valence-electron chi connectivity index (χ4n) is 3.07. The van der Waals surface area contributed by atoms with E-state index < -0.39 is 24.4 Å². The molecule has 1 atom stereocenters. The van der Waals surface area contributed by atoms with Crippen molar-refractivity contribution in [1.82, 2.24) is 10.9 Å². The van der Waals surface area contributed by atoms with Crippen LogP contribution in [0.15, 0.2) is 36.4 Å². The molecule has 1 aromatic carbocycles. The number of benzene rings is 1. The van der Waals surface area contributed by atoms with E-state index in [1.165, 1.54) is 21.8 Å². The van der Waals surface area contributed by atoms with Gasteiger partial charge in [-0.15, -0.1) is 11.3 Å². The minimum absolute atomic E-state index is 0.421. The summed E-state index contributed by atoms with van der Waals surface area (Å²) in [5.74, 6) is -0.867. The fraction of sp³-hybridized carbons (Fsp3) is 0.350. The van der Waals surface area contributed by atoms with Gasteiger partial charge in [-0.2, -0.15) is 0 Å². The molecule has 2 N–H and O–H groups in total.